The van der Waals surface area contributed by atoms with E-state index in [1.807, 2.05) is 0 Å². The highest BCUT2D eigenvalue weighted by Gasteiger charge is 2.30. The summed E-state index contributed by atoms with van der Waals surface area (Å²) in [4.78, 5) is 11.8. The Bertz CT molecular complexity index is 697. The minimum absolute atomic E-state index is 0.0186. The van der Waals surface area contributed by atoms with Gasteiger partial charge in [0.15, 0.2) is 0 Å². The molecule has 1 aromatic rings. The van der Waals surface area contributed by atoms with Crippen LogP contribution in [0, 0.1) is 5.92 Å². The molecule has 0 aromatic carbocycles. The minimum atomic E-state index is -4.33. The van der Waals surface area contributed by atoms with E-state index in [0.717, 1.165) is 12.3 Å². The predicted octanol–water partition coefficient (Wildman–Crippen LogP) is 1.23. The van der Waals surface area contributed by atoms with Crippen LogP contribution in [0.1, 0.15) is 12.0 Å². The zero-order valence-electron chi connectivity index (χ0n) is 12.0. The Morgan fingerprint density at radius 2 is 2.00 bits per heavy atom. The number of sulfonamides is 1. The molecular weight excluding hydrogens is 321 g/mol. The summed E-state index contributed by atoms with van der Waals surface area (Å²) in [6.07, 6.45) is -2.51. The fourth-order valence-corrected chi connectivity index (χ4v) is 3.50. The molecule has 1 aliphatic heterocycles. The average molecular weight is 338 g/mol. The zero-order valence-corrected chi connectivity index (χ0v) is 12.8. The van der Waals surface area contributed by atoms with Gasteiger partial charge in [-0.05, 0) is 17.9 Å². The molecule has 1 fully saturated rings. The van der Waals surface area contributed by atoms with Crippen LogP contribution in [-0.4, -0.2) is 42.8 Å². The fourth-order valence-electron chi connectivity index (χ4n) is 2.59. The molecule has 0 aliphatic carbocycles. The second kappa shape index (κ2) is 6.04. The largest absolute Gasteiger partial charge is 0.393 e. The third-order valence-corrected chi connectivity index (χ3v) is 4.89. The summed E-state index contributed by atoms with van der Waals surface area (Å²) in [5, 5.41) is 0. The van der Waals surface area contributed by atoms with Crippen LogP contribution < -0.4 is 5.56 Å². The molecule has 0 radical (unpaired) electrons. The molecule has 0 saturated carbocycles. The van der Waals surface area contributed by atoms with Gasteiger partial charge in [-0.3, -0.25) is 4.79 Å². The third-order valence-electron chi connectivity index (χ3n) is 3.62. The molecule has 0 amide bonds. The summed E-state index contributed by atoms with van der Waals surface area (Å²) in [6, 6.07) is 2.29. The highest BCUT2D eigenvalue weighted by Crippen LogP contribution is 2.22. The Balaban J connectivity index is 2.10. The molecule has 0 N–H and O–H groups in total. The predicted molar refractivity (Wildman–Crippen MR) is 75.0 cm³/mol. The fraction of sp³-hybridized carbons (Fsp3) is 0.615. The van der Waals surface area contributed by atoms with Crippen LogP contribution in [0.2, 0.25) is 0 Å². The normalized spacial score (nSPS) is 20.5. The number of hydrogen-bond donors (Lipinski definition) is 0. The molecule has 9 heteroatoms. The molecule has 1 saturated heterocycles. The van der Waals surface area contributed by atoms with Crippen molar-refractivity contribution >= 4 is 10.0 Å². The minimum Gasteiger partial charge on any atom is -0.315 e. The molecule has 1 aliphatic rings. The Morgan fingerprint density at radius 3 is 2.55 bits per heavy atom. The van der Waals surface area contributed by atoms with Gasteiger partial charge in [0.05, 0.1) is 12.7 Å². The van der Waals surface area contributed by atoms with E-state index in [1.165, 1.54) is 21.1 Å². The van der Waals surface area contributed by atoms with Crippen LogP contribution in [0.3, 0.4) is 0 Å². The van der Waals surface area contributed by atoms with E-state index in [9.17, 15) is 26.4 Å². The van der Waals surface area contributed by atoms with Gasteiger partial charge in [0.2, 0.25) is 10.0 Å². The molecule has 1 atom stereocenters. The van der Waals surface area contributed by atoms with Gasteiger partial charge in [0.25, 0.3) is 5.56 Å². The monoisotopic (exact) mass is 338 g/mol. The summed E-state index contributed by atoms with van der Waals surface area (Å²) in [7, 11) is -3.27. The highest BCUT2D eigenvalue weighted by molar-refractivity contribution is 7.88. The first-order valence-corrected chi connectivity index (χ1v) is 8.61. The van der Waals surface area contributed by atoms with Crippen LogP contribution >= 0.6 is 0 Å². The van der Waals surface area contributed by atoms with Crippen LogP contribution in [-0.2, 0) is 23.0 Å². The summed E-state index contributed by atoms with van der Waals surface area (Å²) < 4.78 is 62.6. The van der Waals surface area contributed by atoms with Crippen molar-refractivity contribution in [3.63, 3.8) is 0 Å². The summed E-state index contributed by atoms with van der Waals surface area (Å²) in [5.41, 5.74) is -0.367. The molecule has 1 unspecified atom stereocenters. The zero-order chi connectivity index (χ0) is 16.5. The first kappa shape index (κ1) is 17.0. The van der Waals surface area contributed by atoms with Crippen molar-refractivity contribution in [1.29, 1.82) is 0 Å². The Morgan fingerprint density at radius 1 is 1.32 bits per heavy atom. The van der Waals surface area contributed by atoms with Crippen LogP contribution in [0.5, 0.6) is 0 Å². The van der Waals surface area contributed by atoms with Gasteiger partial charge in [-0.1, -0.05) is 6.07 Å². The molecule has 0 spiro atoms. The van der Waals surface area contributed by atoms with Gasteiger partial charge < -0.3 is 4.57 Å². The van der Waals surface area contributed by atoms with E-state index >= 15 is 0 Å². The lowest BCUT2D eigenvalue weighted by Crippen LogP contribution is -2.29. The lowest BCUT2D eigenvalue weighted by molar-refractivity contribution is -0.127. The summed E-state index contributed by atoms with van der Waals surface area (Å²) in [5.74, 6) is -0.0754. The highest BCUT2D eigenvalue weighted by atomic mass is 32.2. The SMILES string of the molecule is CS(=O)(=O)N1CCC(Cn2cc(CC(F)(F)F)ccc2=O)C1. The van der Waals surface area contributed by atoms with Crippen molar-refractivity contribution in [2.24, 2.45) is 5.92 Å². The average Bonchev–Trinajstić information content (AvgIpc) is 2.80. The standard InChI is InChI=1S/C13H17F3N2O3S/c1-22(20,21)18-5-4-11(9-18)8-17-7-10(2-3-12(17)19)6-13(14,15)16/h2-3,7,11H,4-6,8-9H2,1H3. The summed E-state index contributed by atoms with van der Waals surface area (Å²) >= 11 is 0. The molecular formula is C13H17F3N2O3S. The quantitative estimate of drug-likeness (QED) is 0.830. The van der Waals surface area contributed by atoms with E-state index in [0.29, 0.717) is 13.0 Å². The second-order valence-corrected chi connectivity index (χ2v) is 7.58. The Hall–Kier alpha value is -1.35. The van der Waals surface area contributed by atoms with Gasteiger partial charge in [-0.15, -0.1) is 0 Å². The van der Waals surface area contributed by atoms with Crippen molar-refractivity contribution in [3.05, 3.63) is 34.2 Å². The number of nitrogens with zero attached hydrogens (tertiary/aromatic N) is 2. The molecule has 1 aromatic heterocycles. The number of aromatic nitrogens is 1. The number of rotatable bonds is 4. The molecule has 2 heterocycles. The van der Waals surface area contributed by atoms with Crippen LogP contribution in [0.25, 0.3) is 0 Å². The topological polar surface area (TPSA) is 59.4 Å². The van der Waals surface area contributed by atoms with Gasteiger partial charge >= 0.3 is 6.18 Å². The van der Waals surface area contributed by atoms with Crippen molar-refractivity contribution < 1.29 is 21.6 Å². The van der Waals surface area contributed by atoms with E-state index in [1.54, 1.807) is 0 Å². The number of hydrogen-bond acceptors (Lipinski definition) is 3. The molecule has 22 heavy (non-hydrogen) atoms. The van der Waals surface area contributed by atoms with Gasteiger partial charge in [-0.2, -0.15) is 13.2 Å². The van der Waals surface area contributed by atoms with Gasteiger partial charge in [-0.25, -0.2) is 12.7 Å². The maximum Gasteiger partial charge on any atom is 0.393 e. The van der Waals surface area contributed by atoms with Crippen molar-refractivity contribution in [2.75, 3.05) is 19.3 Å². The summed E-state index contributed by atoms with van der Waals surface area (Å²) in [6.45, 7) is 0.881. The molecule has 2 rings (SSSR count). The van der Waals surface area contributed by atoms with Gasteiger partial charge in [0.1, 0.15) is 0 Å². The number of alkyl halides is 3. The van der Waals surface area contributed by atoms with Crippen LogP contribution in [0.4, 0.5) is 13.2 Å². The van der Waals surface area contributed by atoms with Crippen molar-refractivity contribution in [3.8, 4) is 0 Å². The molecule has 5 nitrogen and oxygen atoms in total. The molecule has 0 bridgehead atoms. The van der Waals surface area contributed by atoms with E-state index in [4.69, 9.17) is 0 Å². The Labute approximate surface area is 126 Å². The Kier molecular flexibility index (Phi) is 4.67. The van der Waals surface area contributed by atoms with E-state index in [-0.39, 0.29) is 30.1 Å². The lowest BCUT2D eigenvalue weighted by Gasteiger charge is -2.15. The number of halogens is 3. The maximum absolute atomic E-state index is 12.4. The van der Waals surface area contributed by atoms with E-state index in [2.05, 4.69) is 0 Å². The van der Waals surface area contributed by atoms with E-state index < -0.39 is 22.6 Å². The maximum atomic E-state index is 12.4. The smallest absolute Gasteiger partial charge is 0.315 e. The molecule has 124 valence electrons. The third kappa shape index (κ3) is 4.57. The first-order valence-electron chi connectivity index (χ1n) is 6.76. The first-order chi connectivity index (χ1) is 10.0. The van der Waals surface area contributed by atoms with Crippen molar-refractivity contribution in [1.82, 2.24) is 8.87 Å². The van der Waals surface area contributed by atoms with Crippen molar-refractivity contribution in [2.45, 2.75) is 25.6 Å². The second-order valence-electron chi connectivity index (χ2n) is 5.60. The number of pyridine rings is 1. The lowest BCUT2D eigenvalue weighted by atomic mass is 10.1. The van der Waals surface area contributed by atoms with Gasteiger partial charge in [0, 0.05) is 31.9 Å². The van der Waals surface area contributed by atoms with Crippen LogP contribution in [0.15, 0.2) is 23.1 Å².